The molecule has 2 heterocycles. The Kier molecular flexibility index (Phi) is 7.13. The van der Waals surface area contributed by atoms with Gasteiger partial charge < -0.3 is 10.2 Å². The fraction of sp³-hybridized carbons (Fsp3) is 0.474. The molecule has 28 heavy (non-hydrogen) atoms. The lowest BCUT2D eigenvalue weighted by atomic mass is 10.1. The standard InChI is InChI=1S/C19H27N5O2S.HI/c1-15-9-10-24(22-15)17-8-6-5-7-16(17)13-21-18(20-4)23-11-12-27(25,26)19(2,3)14-23;/h5-10H,11-14H2,1-4H3,(H,20,21);1H. The van der Waals surface area contributed by atoms with Crippen LogP contribution < -0.4 is 5.32 Å². The number of aryl methyl sites for hydroxylation is 1. The number of guanidine groups is 1. The van der Waals surface area contributed by atoms with E-state index < -0.39 is 14.6 Å². The van der Waals surface area contributed by atoms with E-state index in [-0.39, 0.29) is 29.7 Å². The molecule has 1 fully saturated rings. The summed E-state index contributed by atoms with van der Waals surface area (Å²) in [5, 5.41) is 7.87. The van der Waals surface area contributed by atoms with Gasteiger partial charge in [-0.1, -0.05) is 18.2 Å². The van der Waals surface area contributed by atoms with E-state index >= 15 is 0 Å². The Balaban J connectivity index is 0.00000280. The molecule has 0 atom stereocenters. The van der Waals surface area contributed by atoms with Crippen molar-refractivity contribution in [2.75, 3.05) is 25.9 Å². The third kappa shape index (κ3) is 4.68. The fourth-order valence-corrected chi connectivity index (χ4v) is 4.63. The van der Waals surface area contributed by atoms with E-state index in [9.17, 15) is 8.42 Å². The van der Waals surface area contributed by atoms with Gasteiger partial charge in [-0.15, -0.1) is 24.0 Å². The number of benzene rings is 1. The normalized spacial score (nSPS) is 18.4. The molecule has 1 aliphatic heterocycles. The molecule has 0 bridgehead atoms. The first-order valence-electron chi connectivity index (χ1n) is 9.02. The minimum absolute atomic E-state index is 0. The number of nitrogens with zero attached hydrogens (tertiary/aromatic N) is 4. The number of nitrogens with one attached hydrogen (secondary N) is 1. The summed E-state index contributed by atoms with van der Waals surface area (Å²) >= 11 is 0. The Labute approximate surface area is 184 Å². The summed E-state index contributed by atoms with van der Waals surface area (Å²) in [4.78, 5) is 6.38. The monoisotopic (exact) mass is 517 g/mol. The van der Waals surface area contributed by atoms with Crippen LogP contribution in [0.15, 0.2) is 41.5 Å². The van der Waals surface area contributed by atoms with Gasteiger partial charge in [0.1, 0.15) is 0 Å². The van der Waals surface area contributed by atoms with Gasteiger partial charge in [0.15, 0.2) is 15.8 Å². The lowest BCUT2D eigenvalue weighted by molar-refractivity contribution is 0.353. The van der Waals surface area contributed by atoms with Crippen LogP contribution in [0.2, 0.25) is 0 Å². The minimum Gasteiger partial charge on any atom is -0.352 e. The molecule has 7 nitrogen and oxygen atoms in total. The van der Waals surface area contributed by atoms with Gasteiger partial charge in [0.25, 0.3) is 0 Å². The van der Waals surface area contributed by atoms with Gasteiger partial charge in [-0.3, -0.25) is 4.99 Å². The molecule has 0 amide bonds. The molecule has 1 aliphatic rings. The molecule has 2 aromatic rings. The van der Waals surface area contributed by atoms with E-state index in [1.807, 2.05) is 47.0 Å². The maximum Gasteiger partial charge on any atom is 0.193 e. The van der Waals surface area contributed by atoms with Gasteiger partial charge in [-0.25, -0.2) is 13.1 Å². The van der Waals surface area contributed by atoms with Crippen molar-refractivity contribution in [1.82, 2.24) is 20.0 Å². The molecular weight excluding hydrogens is 489 g/mol. The number of hydrogen-bond acceptors (Lipinski definition) is 4. The van der Waals surface area contributed by atoms with Gasteiger partial charge in [0.05, 0.1) is 21.9 Å². The van der Waals surface area contributed by atoms with Crippen molar-refractivity contribution in [3.8, 4) is 5.69 Å². The van der Waals surface area contributed by atoms with Crippen LogP contribution in [0.4, 0.5) is 0 Å². The van der Waals surface area contributed by atoms with E-state index in [1.54, 1.807) is 20.9 Å². The highest BCUT2D eigenvalue weighted by Gasteiger charge is 2.40. The Morgan fingerprint density at radius 3 is 2.61 bits per heavy atom. The van der Waals surface area contributed by atoms with Crippen LogP contribution in [0, 0.1) is 6.92 Å². The molecule has 0 spiro atoms. The number of hydrogen-bond donors (Lipinski definition) is 1. The maximum atomic E-state index is 12.2. The summed E-state index contributed by atoms with van der Waals surface area (Å²) < 4.78 is 25.6. The molecule has 0 saturated carbocycles. The first-order valence-corrected chi connectivity index (χ1v) is 10.7. The van der Waals surface area contributed by atoms with E-state index in [0.29, 0.717) is 25.6 Å². The summed E-state index contributed by atoms with van der Waals surface area (Å²) in [6.07, 6.45) is 1.95. The first kappa shape index (κ1) is 22.7. The van der Waals surface area contributed by atoms with Crippen LogP contribution in [0.5, 0.6) is 0 Å². The fourth-order valence-electron chi connectivity index (χ4n) is 3.26. The van der Waals surface area contributed by atoms with Crippen molar-refractivity contribution in [1.29, 1.82) is 0 Å². The van der Waals surface area contributed by atoms with Crippen molar-refractivity contribution < 1.29 is 8.42 Å². The van der Waals surface area contributed by atoms with E-state index in [2.05, 4.69) is 21.5 Å². The number of rotatable bonds is 3. The molecule has 3 rings (SSSR count). The second-order valence-corrected chi connectivity index (χ2v) is 10.2. The van der Waals surface area contributed by atoms with Crippen molar-refractivity contribution in [3.63, 3.8) is 0 Å². The summed E-state index contributed by atoms with van der Waals surface area (Å²) in [5.41, 5.74) is 3.06. The lowest BCUT2D eigenvalue weighted by Gasteiger charge is -2.39. The molecule has 1 saturated heterocycles. The third-order valence-electron chi connectivity index (χ3n) is 4.95. The Morgan fingerprint density at radius 2 is 2.00 bits per heavy atom. The molecule has 0 radical (unpaired) electrons. The third-order valence-corrected chi connectivity index (χ3v) is 7.49. The van der Waals surface area contributed by atoms with Crippen LogP contribution in [0.1, 0.15) is 25.1 Å². The average molecular weight is 517 g/mol. The predicted molar refractivity (Wildman–Crippen MR) is 123 cm³/mol. The lowest BCUT2D eigenvalue weighted by Crippen LogP contribution is -2.57. The van der Waals surface area contributed by atoms with E-state index in [0.717, 1.165) is 16.9 Å². The molecular formula is C19H28IN5O2S. The van der Waals surface area contributed by atoms with Crippen LogP contribution >= 0.6 is 24.0 Å². The Hall–Kier alpha value is -1.62. The predicted octanol–water partition coefficient (Wildman–Crippen LogP) is 2.38. The molecule has 1 aromatic heterocycles. The number of halogens is 1. The summed E-state index contributed by atoms with van der Waals surface area (Å²) in [7, 11) is -1.36. The zero-order valence-corrected chi connectivity index (χ0v) is 19.9. The van der Waals surface area contributed by atoms with Gasteiger partial charge in [0, 0.05) is 32.9 Å². The topological polar surface area (TPSA) is 79.6 Å². The van der Waals surface area contributed by atoms with Crippen LogP contribution in [0.25, 0.3) is 5.69 Å². The highest BCUT2D eigenvalue weighted by molar-refractivity contribution is 14.0. The largest absolute Gasteiger partial charge is 0.352 e. The van der Waals surface area contributed by atoms with Crippen molar-refractivity contribution in [2.24, 2.45) is 4.99 Å². The molecule has 154 valence electrons. The minimum atomic E-state index is -3.08. The van der Waals surface area contributed by atoms with Crippen molar-refractivity contribution >= 4 is 39.8 Å². The summed E-state index contributed by atoms with van der Waals surface area (Å²) in [5.74, 6) is 0.855. The van der Waals surface area contributed by atoms with Gasteiger partial charge >= 0.3 is 0 Å². The summed E-state index contributed by atoms with van der Waals surface area (Å²) in [6.45, 7) is 6.96. The van der Waals surface area contributed by atoms with Crippen LogP contribution in [-0.2, 0) is 16.4 Å². The SMILES string of the molecule is CN=C(NCc1ccccc1-n1ccc(C)n1)N1CCS(=O)(=O)C(C)(C)C1.I. The maximum absolute atomic E-state index is 12.2. The van der Waals surface area contributed by atoms with Gasteiger partial charge in [0.2, 0.25) is 0 Å². The average Bonchev–Trinajstić information content (AvgIpc) is 3.05. The first-order chi connectivity index (χ1) is 12.7. The van der Waals surface area contributed by atoms with Gasteiger partial charge in [-0.05, 0) is 38.5 Å². The highest BCUT2D eigenvalue weighted by Crippen LogP contribution is 2.24. The van der Waals surface area contributed by atoms with Crippen LogP contribution in [0.3, 0.4) is 0 Å². The Morgan fingerprint density at radius 1 is 1.29 bits per heavy atom. The van der Waals surface area contributed by atoms with E-state index in [4.69, 9.17) is 0 Å². The zero-order chi connectivity index (χ0) is 19.7. The number of aliphatic imine (C=N–C) groups is 1. The van der Waals surface area contributed by atoms with Crippen LogP contribution in [-0.4, -0.2) is 59.7 Å². The van der Waals surface area contributed by atoms with E-state index in [1.165, 1.54) is 0 Å². The molecule has 1 aromatic carbocycles. The van der Waals surface area contributed by atoms with Gasteiger partial charge in [-0.2, -0.15) is 5.10 Å². The number of sulfone groups is 1. The smallest absolute Gasteiger partial charge is 0.193 e. The number of aromatic nitrogens is 2. The van der Waals surface area contributed by atoms with Crippen molar-refractivity contribution in [3.05, 3.63) is 47.8 Å². The highest BCUT2D eigenvalue weighted by atomic mass is 127. The molecule has 9 heteroatoms. The molecule has 0 unspecified atom stereocenters. The Bertz CT molecular complexity index is 953. The molecule has 0 aliphatic carbocycles. The second kappa shape index (κ2) is 8.81. The zero-order valence-electron chi connectivity index (χ0n) is 16.7. The quantitative estimate of drug-likeness (QED) is 0.385. The molecule has 1 N–H and O–H groups in total. The summed E-state index contributed by atoms with van der Waals surface area (Å²) in [6, 6.07) is 10.0. The number of para-hydroxylation sites is 1. The van der Waals surface area contributed by atoms with Crippen molar-refractivity contribution in [2.45, 2.75) is 32.1 Å². The second-order valence-electron chi connectivity index (χ2n) is 7.43.